The highest BCUT2D eigenvalue weighted by Gasteiger charge is 2.29. The molecule has 98 valence electrons. The van der Waals surface area contributed by atoms with Gasteiger partial charge in [0.25, 0.3) is 0 Å². The Morgan fingerprint density at radius 3 is 2.42 bits per heavy atom. The van der Waals surface area contributed by atoms with E-state index in [0.29, 0.717) is 17.6 Å². The molecular formula is C13H10Br3N3. The van der Waals surface area contributed by atoms with Gasteiger partial charge in [-0.2, -0.15) is 0 Å². The Morgan fingerprint density at radius 2 is 1.79 bits per heavy atom. The Hall–Kier alpha value is -0.460. The molecule has 1 heterocycles. The normalized spacial score (nSPS) is 14.7. The quantitative estimate of drug-likeness (QED) is 0.713. The summed E-state index contributed by atoms with van der Waals surface area (Å²) in [6.07, 6.45) is 2.36. The summed E-state index contributed by atoms with van der Waals surface area (Å²) in [5.41, 5.74) is 7.96. The zero-order valence-corrected chi connectivity index (χ0v) is 14.6. The lowest BCUT2D eigenvalue weighted by Crippen LogP contribution is -2.02. The summed E-state index contributed by atoms with van der Waals surface area (Å²) < 4.78 is 2.82. The molecule has 0 bridgehead atoms. The Labute approximate surface area is 136 Å². The molecule has 1 aliphatic rings. The van der Waals surface area contributed by atoms with Gasteiger partial charge in [-0.05, 0) is 78.8 Å². The van der Waals surface area contributed by atoms with Crippen LogP contribution < -0.4 is 5.73 Å². The number of hydrogen-bond donors (Lipinski definition) is 1. The third kappa shape index (κ3) is 2.71. The summed E-state index contributed by atoms with van der Waals surface area (Å²) in [4.78, 5) is 9.03. The summed E-state index contributed by atoms with van der Waals surface area (Å²) in [6, 6.07) is 5.94. The fourth-order valence-corrected chi connectivity index (χ4v) is 3.00. The van der Waals surface area contributed by atoms with Gasteiger partial charge in [0.2, 0.25) is 0 Å². The second-order valence-electron chi connectivity index (χ2n) is 4.53. The predicted octanol–water partition coefficient (Wildman–Crippen LogP) is 4.89. The Bertz CT molecular complexity index is 654. The maximum atomic E-state index is 5.97. The number of rotatable bonds is 2. The monoisotopic (exact) mass is 445 g/mol. The first-order valence-corrected chi connectivity index (χ1v) is 8.22. The van der Waals surface area contributed by atoms with Crippen molar-refractivity contribution in [1.82, 2.24) is 9.97 Å². The van der Waals surface area contributed by atoms with Gasteiger partial charge in [0.1, 0.15) is 5.82 Å². The molecule has 2 N–H and O–H groups in total. The maximum Gasteiger partial charge on any atom is 0.161 e. The van der Waals surface area contributed by atoms with Crippen LogP contribution in [0.5, 0.6) is 0 Å². The topological polar surface area (TPSA) is 51.8 Å². The number of hydrogen-bond acceptors (Lipinski definition) is 3. The molecule has 0 aliphatic heterocycles. The molecule has 19 heavy (non-hydrogen) atoms. The lowest BCUT2D eigenvalue weighted by Gasteiger charge is -2.09. The Kier molecular flexibility index (Phi) is 3.66. The zero-order chi connectivity index (χ0) is 13.6. The standard InChI is InChI=1S/C13H10Br3N3/c14-8-4-3-7(5-9(8)15)13-18-11(6-1-2-6)10(16)12(17)19-13/h3-6H,1-2H2,(H2,17,18,19). The van der Waals surface area contributed by atoms with Crippen molar-refractivity contribution in [3.63, 3.8) is 0 Å². The molecule has 6 heteroatoms. The molecule has 0 radical (unpaired) electrons. The van der Waals surface area contributed by atoms with Crippen molar-refractivity contribution in [2.75, 3.05) is 5.73 Å². The van der Waals surface area contributed by atoms with E-state index in [2.05, 4.69) is 57.8 Å². The van der Waals surface area contributed by atoms with Crippen LogP contribution in [0.2, 0.25) is 0 Å². The lowest BCUT2D eigenvalue weighted by molar-refractivity contribution is 0.984. The predicted molar refractivity (Wildman–Crippen MR) is 87.0 cm³/mol. The SMILES string of the molecule is Nc1nc(-c2ccc(Br)c(Br)c2)nc(C2CC2)c1Br. The zero-order valence-electron chi connectivity index (χ0n) is 9.83. The minimum absolute atomic E-state index is 0.506. The minimum atomic E-state index is 0.506. The molecule has 1 fully saturated rings. The molecule has 3 rings (SSSR count). The van der Waals surface area contributed by atoms with Crippen LogP contribution >= 0.6 is 47.8 Å². The van der Waals surface area contributed by atoms with Gasteiger partial charge in [-0.1, -0.05) is 0 Å². The van der Waals surface area contributed by atoms with Gasteiger partial charge < -0.3 is 5.73 Å². The van der Waals surface area contributed by atoms with Gasteiger partial charge in [0.15, 0.2) is 5.82 Å². The average molecular weight is 448 g/mol. The average Bonchev–Trinajstić information content (AvgIpc) is 3.20. The highest BCUT2D eigenvalue weighted by atomic mass is 79.9. The highest BCUT2D eigenvalue weighted by molar-refractivity contribution is 9.13. The molecule has 3 nitrogen and oxygen atoms in total. The Balaban J connectivity index is 2.11. The van der Waals surface area contributed by atoms with Gasteiger partial charge in [0.05, 0.1) is 10.2 Å². The van der Waals surface area contributed by atoms with E-state index in [1.807, 2.05) is 18.2 Å². The van der Waals surface area contributed by atoms with Gasteiger partial charge in [-0.15, -0.1) is 0 Å². The smallest absolute Gasteiger partial charge is 0.161 e. The molecule has 1 aromatic heterocycles. The van der Waals surface area contributed by atoms with Crippen molar-refractivity contribution in [1.29, 1.82) is 0 Å². The second kappa shape index (κ2) is 5.14. The fourth-order valence-electron chi connectivity index (χ4n) is 1.87. The van der Waals surface area contributed by atoms with Gasteiger partial charge in [-0.3, -0.25) is 0 Å². The van der Waals surface area contributed by atoms with Crippen LogP contribution in [-0.2, 0) is 0 Å². The molecule has 0 atom stereocenters. The summed E-state index contributed by atoms with van der Waals surface area (Å²) in [6.45, 7) is 0. The molecule has 0 spiro atoms. The Morgan fingerprint density at radius 1 is 1.05 bits per heavy atom. The van der Waals surface area contributed by atoms with Gasteiger partial charge in [-0.25, -0.2) is 9.97 Å². The number of nitrogen functional groups attached to an aromatic ring is 1. The van der Waals surface area contributed by atoms with E-state index in [-0.39, 0.29) is 0 Å². The van der Waals surface area contributed by atoms with E-state index in [0.717, 1.165) is 24.7 Å². The highest BCUT2D eigenvalue weighted by Crippen LogP contribution is 2.44. The van der Waals surface area contributed by atoms with Gasteiger partial charge in [0, 0.05) is 20.4 Å². The summed E-state index contributed by atoms with van der Waals surface area (Å²) >= 11 is 10.4. The van der Waals surface area contributed by atoms with E-state index in [1.165, 1.54) is 12.8 Å². The number of nitrogens with zero attached hydrogens (tertiary/aromatic N) is 2. The van der Waals surface area contributed by atoms with E-state index in [1.54, 1.807) is 0 Å². The first kappa shape index (κ1) is 13.5. The van der Waals surface area contributed by atoms with E-state index in [4.69, 9.17) is 5.73 Å². The summed E-state index contributed by atoms with van der Waals surface area (Å²) in [5.74, 6) is 1.71. The van der Waals surface area contributed by atoms with Crippen LogP contribution in [0.4, 0.5) is 5.82 Å². The van der Waals surface area contributed by atoms with Crippen molar-refractivity contribution in [2.45, 2.75) is 18.8 Å². The molecule has 2 aromatic rings. The van der Waals surface area contributed by atoms with Crippen LogP contribution in [0.25, 0.3) is 11.4 Å². The van der Waals surface area contributed by atoms with E-state index < -0.39 is 0 Å². The third-order valence-electron chi connectivity index (χ3n) is 3.04. The number of halogens is 3. The number of anilines is 1. The largest absolute Gasteiger partial charge is 0.383 e. The van der Waals surface area contributed by atoms with E-state index >= 15 is 0 Å². The third-order valence-corrected chi connectivity index (χ3v) is 5.74. The van der Waals surface area contributed by atoms with Crippen LogP contribution in [0.1, 0.15) is 24.5 Å². The molecule has 1 saturated carbocycles. The molecule has 0 unspecified atom stereocenters. The van der Waals surface area contributed by atoms with Crippen LogP contribution in [0.15, 0.2) is 31.6 Å². The van der Waals surface area contributed by atoms with Crippen LogP contribution in [0, 0.1) is 0 Å². The van der Waals surface area contributed by atoms with E-state index in [9.17, 15) is 0 Å². The number of benzene rings is 1. The number of nitrogens with two attached hydrogens (primary N) is 1. The van der Waals surface area contributed by atoms with Crippen LogP contribution in [-0.4, -0.2) is 9.97 Å². The summed E-state index contributed by atoms with van der Waals surface area (Å²) in [5, 5.41) is 0. The van der Waals surface area contributed by atoms with Crippen molar-refractivity contribution in [2.24, 2.45) is 0 Å². The maximum absolute atomic E-state index is 5.97. The first-order valence-electron chi connectivity index (χ1n) is 5.84. The lowest BCUT2D eigenvalue weighted by atomic mass is 10.2. The van der Waals surface area contributed by atoms with Crippen LogP contribution in [0.3, 0.4) is 0 Å². The number of aromatic nitrogens is 2. The molecular weight excluding hydrogens is 438 g/mol. The molecule has 0 amide bonds. The minimum Gasteiger partial charge on any atom is -0.383 e. The fraction of sp³-hybridized carbons (Fsp3) is 0.231. The van der Waals surface area contributed by atoms with Crippen molar-refractivity contribution in [3.8, 4) is 11.4 Å². The second-order valence-corrected chi connectivity index (χ2v) is 7.04. The summed E-state index contributed by atoms with van der Waals surface area (Å²) in [7, 11) is 0. The van der Waals surface area contributed by atoms with Crippen molar-refractivity contribution < 1.29 is 0 Å². The van der Waals surface area contributed by atoms with Gasteiger partial charge >= 0.3 is 0 Å². The molecule has 1 aliphatic carbocycles. The van der Waals surface area contributed by atoms with Crippen molar-refractivity contribution in [3.05, 3.63) is 37.3 Å². The first-order chi connectivity index (χ1) is 9.06. The van der Waals surface area contributed by atoms with Crippen molar-refractivity contribution >= 4 is 53.6 Å². The molecule has 1 aromatic carbocycles. The molecule has 0 saturated heterocycles.